The molecule has 88 valence electrons. The van der Waals surface area contributed by atoms with Gasteiger partial charge in [-0.15, -0.1) is 0 Å². The fourth-order valence-electron chi connectivity index (χ4n) is 1.77. The van der Waals surface area contributed by atoms with Gasteiger partial charge in [-0.25, -0.2) is 0 Å². The predicted octanol–water partition coefficient (Wildman–Crippen LogP) is 2.05. The molecule has 0 aromatic rings. The molecular weight excluding hydrogens is 258 g/mol. The van der Waals surface area contributed by atoms with E-state index in [1.807, 2.05) is 4.90 Å². The number of hydrogen-bond acceptors (Lipinski definition) is 2. The van der Waals surface area contributed by atoms with Crippen LogP contribution < -0.4 is 0 Å². The summed E-state index contributed by atoms with van der Waals surface area (Å²) in [6.07, 6.45) is 3.11. The molecule has 1 amide bonds. The minimum Gasteiger partial charge on any atom is -0.381 e. The maximum Gasteiger partial charge on any atom is 0.228 e. The van der Waals surface area contributed by atoms with Crippen LogP contribution in [0.1, 0.15) is 26.2 Å². The molecule has 1 atom stereocenters. The molecule has 0 bridgehead atoms. The highest BCUT2D eigenvalue weighted by atomic mass is 79.9. The van der Waals surface area contributed by atoms with Crippen molar-refractivity contribution in [3.05, 3.63) is 0 Å². The molecule has 1 heterocycles. The van der Waals surface area contributed by atoms with Gasteiger partial charge in [0.2, 0.25) is 5.91 Å². The van der Waals surface area contributed by atoms with Crippen molar-refractivity contribution in [2.75, 3.05) is 31.6 Å². The average molecular weight is 278 g/mol. The normalized spacial score (nSPS) is 20.5. The maximum absolute atomic E-state index is 12.1. The summed E-state index contributed by atoms with van der Waals surface area (Å²) >= 11 is 3.39. The van der Waals surface area contributed by atoms with Gasteiger partial charge >= 0.3 is 0 Å². The number of alkyl halides is 1. The Hall–Kier alpha value is -0.0900. The molecule has 15 heavy (non-hydrogen) atoms. The number of ether oxygens (including phenoxy) is 1. The molecule has 0 spiro atoms. The Morgan fingerprint density at radius 2 is 2.33 bits per heavy atom. The third kappa shape index (κ3) is 4.11. The quantitative estimate of drug-likeness (QED) is 0.696. The first kappa shape index (κ1) is 13.0. The Morgan fingerprint density at radius 3 is 2.87 bits per heavy atom. The van der Waals surface area contributed by atoms with Gasteiger partial charge in [0.1, 0.15) is 0 Å². The van der Waals surface area contributed by atoms with E-state index < -0.39 is 0 Å². The third-order valence-corrected chi connectivity index (χ3v) is 3.08. The van der Waals surface area contributed by atoms with Crippen molar-refractivity contribution in [2.24, 2.45) is 5.92 Å². The maximum atomic E-state index is 12.1. The topological polar surface area (TPSA) is 29.5 Å². The Bertz CT molecular complexity index is 193. The molecule has 4 heteroatoms. The molecule has 0 aromatic heterocycles. The number of carbonyl (C=O) groups excluding carboxylic acids is 1. The highest BCUT2D eigenvalue weighted by Crippen LogP contribution is 2.16. The van der Waals surface area contributed by atoms with Gasteiger partial charge in [0, 0.05) is 25.0 Å². The smallest absolute Gasteiger partial charge is 0.228 e. The summed E-state index contributed by atoms with van der Waals surface area (Å²) in [7, 11) is 0. The van der Waals surface area contributed by atoms with E-state index in [0.29, 0.717) is 6.61 Å². The Labute approximate surface area is 100 Å². The Kier molecular flexibility index (Phi) is 6.25. The van der Waals surface area contributed by atoms with Gasteiger partial charge in [0.05, 0.1) is 12.5 Å². The highest BCUT2D eigenvalue weighted by molar-refractivity contribution is 9.09. The van der Waals surface area contributed by atoms with Gasteiger partial charge in [-0.1, -0.05) is 29.3 Å². The van der Waals surface area contributed by atoms with E-state index in [0.717, 1.165) is 44.3 Å². The predicted molar refractivity (Wildman–Crippen MR) is 64.2 cm³/mol. The molecule has 1 saturated heterocycles. The van der Waals surface area contributed by atoms with Crippen LogP contribution in [0.5, 0.6) is 0 Å². The summed E-state index contributed by atoms with van der Waals surface area (Å²) in [5.41, 5.74) is 0. The van der Waals surface area contributed by atoms with E-state index >= 15 is 0 Å². The summed E-state index contributed by atoms with van der Waals surface area (Å²) in [6, 6.07) is 0. The van der Waals surface area contributed by atoms with Crippen molar-refractivity contribution in [3.8, 4) is 0 Å². The summed E-state index contributed by atoms with van der Waals surface area (Å²) in [5, 5.41) is 0.857. The van der Waals surface area contributed by atoms with Crippen LogP contribution in [0, 0.1) is 5.92 Å². The molecule has 1 aliphatic rings. The van der Waals surface area contributed by atoms with Crippen molar-refractivity contribution in [2.45, 2.75) is 26.2 Å². The van der Waals surface area contributed by atoms with E-state index in [-0.39, 0.29) is 11.8 Å². The van der Waals surface area contributed by atoms with Gasteiger partial charge in [-0.2, -0.15) is 0 Å². The van der Waals surface area contributed by atoms with Crippen molar-refractivity contribution in [1.29, 1.82) is 0 Å². The van der Waals surface area contributed by atoms with E-state index in [9.17, 15) is 4.79 Å². The highest BCUT2D eigenvalue weighted by Gasteiger charge is 2.27. The Morgan fingerprint density at radius 1 is 1.53 bits per heavy atom. The molecular formula is C11H20BrNO2. The lowest BCUT2D eigenvalue weighted by Gasteiger charge is -2.24. The molecule has 0 saturated carbocycles. The van der Waals surface area contributed by atoms with Gasteiger partial charge in [-0.05, 0) is 12.8 Å². The van der Waals surface area contributed by atoms with E-state index in [2.05, 4.69) is 22.9 Å². The number of carbonyl (C=O) groups is 1. The van der Waals surface area contributed by atoms with Crippen LogP contribution in [0.3, 0.4) is 0 Å². The first-order valence-corrected chi connectivity index (χ1v) is 6.84. The molecule has 1 fully saturated rings. The van der Waals surface area contributed by atoms with Crippen LogP contribution in [0.2, 0.25) is 0 Å². The number of nitrogens with zero attached hydrogens (tertiary/aromatic N) is 1. The lowest BCUT2D eigenvalue weighted by atomic mass is 10.1. The lowest BCUT2D eigenvalue weighted by molar-refractivity contribution is -0.135. The molecule has 0 radical (unpaired) electrons. The molecule has 0 aliphatic carbocycles. The van der Waals surface area contributed by atoms with Crippen LogP contribution in [-0.2, 0) is 9.53 Å². The minimum atomic E-state index is 0.112. The van der Waals surface area contributed by atoms with Crippen LogP contribution in [0.15, 0.2) is 0 Å². The van der Waals surface area contributed by atoms with Crippen molar-refractivity contribution < 1.29 is 9.53 Å². The third-order valence-electron chi connectivity index (χ3n) is 2.73. The van der Waals surface area contributed by atoms with Crippen molar-refractivity contribution >= 4 is 21.8 Å². The first-order chi connectivity index (χ1) is 7.29. The monoisotopic (exact) mass is 277 g/mol. The van der Waals surface area contributed by atoms with Crippen LogP contribution in [-0.4, -0.2) is 42.4 Å². The van der Waals surface area contributed by atoms with Crippen molar-refractivity contribution in [1.82, 2.24) is 4.90 Å². The number of hydrogen-bond donors (Lipinski definition) is 0. The Balaban J connectivity index is 2.41. The fraction of sp³-hybridized carbons (Fsp3) is 0.909. The van der Waals surface area contributed by atoms with Gasteiger partial charge in [0.25, 0.3) is 0 Å². The van der Waals surface area contributed by atoms with Crippen molar-refractivity contribution in [3.63, 3.8) is 0 Å². The molecule has 1 unspecified atom stereocenters. The second-order valence-corrected chi connectivity index (χ2v) is 4.72. The fourth-order valence-corrected chi connectivity index (χ4v) is 2.20. The summed E-state index contributed by atoms with van der Waals surface area (Å²) in [6.45, 7) is 5.21. The molecule has 1 rings (SSSR count). The summed E-state index contributed by atoms with van der Waals surface area (Å²) in [5.74, 6) is 0.390. The van der Waals surface area contributed by atoms with Gasteiger partial charge < -0.3 is 9.64 Å². The molecule has 3 nitrogen and oxygen atoms in total. The first-order valence-electron chi connectivity index (χ1n) is 5.72. The van der Waals surface area contributed by atoms with E-state index in [4.69, 9.17) is 4.74 Å². The number of halogens is 1. The zero-order valence-electron chi connectivity index (χ0n) is 9.38. The standard InChI is InChI=1S/C11H20BrNO2/c1-2-3-6-13(7-5-12)11(14)10-4-8-15-9-10/h10H,2-9H2,1H3. The molecule has 1 aliphatic heterocycles. The number of unbranched alkanes of at least 4 members (excludes halogenated alkanes) is 1. The van der Waals surface area contributed by atoms with Gasteiger partial charge in [-0.3, -0.25) is 4.79 Å². The SMILES string of the molecule is CCCCN(CCBr)C(=O)C1CCOC1. The van der Waals surface area contributed by atoms with E-state index in [1.54, 1.807) is 0 Å². The second kappa shape index (κ2) is 7.23. The lowest BCUT2D eigenvalue weighted by Crippen LogP contribution is -2.38. The molecule has 0 N–H and O–H groups in total. The summed E-state index contributed by atoms with van der Waals surface area (Å²) in [4.78, 5) is 14.0. The number of amides is 1. The average Bonchev–Trinajstić information content (AvgIpc) is 2.76. The second-order valence-electron chi connectivity index (χ2n) is 3.93. The number of rotatable bonds is 6. The largest absolute Gasteiger partial charge is 0.381 e. The zero-order valence-corrected chi connectivity index (χ0v) is 11.0. The van der Waals surface area contributed by atoms with Crippen LogP contribution in [0.25, 0.3) is 0 Å². The minimum absolute atomic E-state index is 0.112. The van der Waals surface area contributed by atoms with Crippen LogP contribution >= 0.6 is 15.9 Å². The van der Waals surface area contributed by atoms with Crippen LogP contribution in [0.4, 0.5) is 0 Å². The zero-order chi connectivity index (χ0) is 11.1. The molecule has 0 aromatic carbocycles. The van der Waals surface area contributed by atoms with Gasteiger partial charge in [0.15, 0.2) is 0 Å². The van der Waals surface area contributed by atoms with E-state index in [1.165, 1.54) is 0 Å². The summed E-state index contributed by atoms with van der Waals surface area (Å²) < 4.78 is 5.25.